The van der Waals surface area contributed by atoms with E-state index in [1.54, 1.807) is 12.1 Å². The Bertz CT molecular complexity index is 801. The number of amides is 1. The molecule has 0 spiro atoms. The van der Waals surface area contributed by atoms with E-state index in [1.807, 2.05) is 36.4 Å². The number of para-hydroxylation sites is 1. The van der Waals surface area contributed by atoms with Crippen LogP contribution in [0.3, 0.4) is 0 Å². The summed E-state index contributed by atoms with van der Waals surface area (Å²) >= 11 is 0. The predicted molar refractivity (Wildman–Crippen MR) is 86.7 cm³/mol. The normalized spacial score (nSPS) is 21.2. The molecule has 1 amide bonds. The Hall–Kier alpha value is -2.82. The summed E-state index contributed by atoms with van der Waals surface area (Å²) < 4.78 is 10.9. The molecule has 0 radical (unpaired) electrons. The number of hydrogen-bond donors (Lipinski definition) is 1. The van der Waals surface area contributed by atoms with E-state index in [9.17, 15) is 9.59 Å². The number of benzene rings is 2. The van der Waals surface area contributed by atoms with Gasteiger partial charge in [0.2, 0.25) is 5.91 Å². The highest BCUT2D eigenvalue weighted by Crippen LogP contribution is 2.34. The summed E-state index contributed by atoms with van der Waals surface area (Å²) in [4.78, 5) is 24.3. The highest BCUT2D eigenvalue weighted by Gasteiger charge is 2.33. The molecule has 2 aliphatic rings. The zero-order valence-electron chi connectivity index (χ0n) is 13.0. The molecule has 5 heteroatoms. The van der Waals surface area contributed by atoms with Crippen molar-refractivity contribution in [2.75, 3.05) is 6.61 Å². The van der Waals surface area contributed by atoms with Crippen LogP contribution in [0.2, 0.25) is 0 Å². The second-order valence-electron chi connectivity index (χ2n) is 5.98. The fourth-order valence-corrected chi connectivity index (χ4v) is 3.29. The zero-order chi connectivity index (χ0) is 16.5. The SMILES string of the molecule is O=C(C[C@@H]1OC(=O)c2ccccc21)N[C@H]1CCOc2ccccc21. The van der Waals surface area contributed by atoms with Crippen LogP contribution in [0.5, 0.6) is 5.75 Å². The number of carbonyl (C=O) groups is 2. The topological polar surface area (TPSA) is 64.6 Å². The van der Waals surface area contributed by atoms with Gasteiger partial charge in [-0.25, -0.2) is 4.79 Å². The van der Waals surface area contributed by atoms with Gasteiger partial charge >= 0.3 is 5.97 Å². The molecular weight excluding hydrogens is 306 g/mol. The molecule has 0 bridgehead atoms. The first-order valence-corrected chi connectivity index (χ1v) is 8.03. The lowest BCUT2D eigenvalue weighted by atomic mass is 9.99. The molecule has 0 aliphatic carbocycles. The number of nitrogens with one attached hydrogen (secondary N) is 1. The van der Waals surface area contributed by atoms with E-state index in [1.165, 1.54) is 0 Å². The molecule has 122 valence electrons. The number of carbonyl (C=O) groups excluding carboxylic acids is 2. The minimum absolute atomic E-state index is 0.0743. The predicted octanol–water partition coefficient (Wildman–Crippen LogP) is 2.93. The minimum atomic E-state index is -0.510. The molecule has 2 heterocycles. The fourth-order valence-electron chi connectivity index (χ4n) is 3.29. The Balaban J connectivity index is 1.46. The van der Waals surface area contributed by atoms with E-state index in [0.29, 0.717) is 12.2 Å². The Morgan fingerprint density at radius 1 is 1.08 bits per heavy atom. The molecule has 2 aromatic rings. The van der Waals surface area contributed by atoms with Gasteiger partial charge in [-0.05, 0) is 12.1 Å². The smallest absolute Gasteiger partial charge is 0.339 e. The molecule has 1 N–H and O–H groups in total. The average molecular weight is 323 g/mol. The van der Waals surface area contributed by atoms with Crippen LogP contribution >= 0.6 is 0 Å². The van der Waals surface area contributed by atoms with Gasteiger partial charge in [0.25, 0.3) is 0 Å². The van der Waals surface area contributed by atoms with Gasteiger partial charge in [-0.15, -0.1) is 0 Å². The van der Waals surface area contributed by atoms with E-state index in [0.717, 1.165) is 23.3 Å². The molecule has 24 heavy (non-hydrogen) atoms. The summed E-state index contributed by atoms with van der Waals surface area (Å²) in [6, 6.07) is 14.8. The van der Waals surface area contributed by atoms with Crippen molar-refractivity contribution in [3.8, 4) is 5.75 Å². The van der Waals surface area contributed by atoms with E-state index >= 15 is 0 Å². The lowest BCUT2D eigenvalue weighted by Gasteiger charge is -2.27. The van der Waals surface area contributed by atoms with Crippen LogP contribution in [0.4, 0.5) is 0 Å². The molecule has 0 fully saturated rings. The average Bonchev–Trinajstić information content (AvgIpc) is 2.91. The summed E-state index contributed by atoms with van der Waals surface area (Å²) in [7, 11) is 0. The van der Waals surface area contributed by atoms with Gasteiger partial charge in [-0.3, -0.25) is 4.79 Å². The summed E-state index contributed by atoms with van der Waals surface area (Å²) in [6.07, 6.45) is 0.343. The second kappa shape index (κ2) is 6.00. The van der Waals surface area contributed by atoms with Crippen molar-refractivity contribution in [1.82, 2.24) is 5.32 Å². The summed E-state index contributed by atoms with van der Waals surface area (Å²) in [5, 5.41) is 3.04. The van der Waals surface area contributed by atoms with E-state index in [4.69, 9.17) is 9.47 Å². The molecule has 0 saturated carbocycles. The number of ether oxygens (including phenoxy) is 2. The first-order chi connectivity index (χ1) is 11.7. The lowest BCUT2D eigenvalue weighted by molar-refractivity contribution is -0.124. The quantitative estimate of drug-likeness (QED) is 0.882. The highest BCUT2D eigenvalue weighted by atomic mass is 16.5. The van der Waals surface area contributed by atoms with Crippen molar-refractivity contribution in [2.24, 2.45) is 0 Å². The first kappa shape index (κ1) is 14.8. The van der Waals surface area contributed by atoms with Crippen molar-refractivity contribution in [1.29, 1.82) is 0 Å². The largest absolute Gasteiger partial charge is 0.493 e. The molecule has 0 saturated heterocycles. The van der Waals surface area contributed by atoms with Crippen LogP contribution < -0.4 is 10.1 Å². The lowest BCUT2D eigenvalue weighted by Crippen LogP contribution is -2.32. The maximum atomic E-state index is 12.5. The molecule has 2 atom stereocenters. The van der Waals surface area contributed by atoms with Gasteiger partial charge in [0.1, 0.15) is 11.9 Å². The molecule has 0 aromatic heterocycles. The number of cyclic esters (lactones) is 1. The number of hydrogen-bond acceptors (Lipinski definition) is 4. The Kier molecular flexibility index (Phi) is 3.69. The molecule has 2 aliphatic heterocycles. The minimum Gasteiger partial charge on any atom is -0.493 e. The third-order valence-corrected chi connectivity index (χ3v) is 4.44. The van der Waals surface area contributed by atoms with Gasteiger partial charge in [0, 0.05) is 17.5 Å². The van der Waals surface area contributed by atoms with Crippen molar-refractivity contribution in [3.05, 3.63) is 65.2 Å². The standard InChI is InChI=1S/C19H17NO4/c21-18(11-17-12-5-1-2-6-13(12)19(22)24-17)20-15-9-10-23-16-8-4-3-7-14(15)16/h1-8,15,17H,9-11H2,(H,20,21)/t15-,17-/m0/s1. The summed E-state index contributed by atoms with van der Waals surface area (Å²) in [5.41, 5.74) is 2.32. The molecule has 2 aromatic carbocycles. The maximum Gasteiger partial charge on any atom is 0.339 e. The van der Waals surface area contributed by atoms with Gasteiger partial charge in [-0.1, -0.05) is 36.4 Å². The molecule has 5 nitrogen and oxygen atoms in total. The first-order valence-electron chi connectivity index (χ1n) is 8.03. The van der Waals surface area contributed by atoms with E-state index in [2.05, 4.69) is 5.32 Å². The second-order valence-corrected chi connectivity index (χ2v) is 5.98. The van der Waals surface area contributed by atoms with Gasteiger partial charge in [-0.2, -0.15) is 0 Å². The van der Waals surface area contributed by atoms with Crippen molar-refractivity contribution >= 4 is 11.9 Å². The number of esters is 1. The van der Waals surface area contributed by atoms with Crippen LogP contribution in [0, 0.1) is 0 Å². The summed E-state index contributed by atoms with van der Waals surface area (Å²) in [6.45, 7) is 0.573. The number of rotatable bonds is 3. The van der Waals surface area contributed by atoms with Crippen LogP contribution in [0.15, 0.2) is 48.5 Å². The van der Waals surface area contributed by atoms with Gasteiger partial charge < -0.3 is 14.8 Å². The van der Waals surface area contributed by atoms with Crippen LogP contribution in [0.1, 0.15) is 46.5 Å². The molecule has 0 unspecified atom stereocenters. The Morgan fingerprint density at radius 2 is 1.83 bits per heavy atom. The molecule has 4 rings (SSSR count). The third-order valence-electron chi connectivity index (χ3n) is 4.44. The van der Waals surface area contributed by atoms with Gasteiger partial charge in [0.05, 0.1) is 24.6 Å². The molecular formula is C19H17NO4. The summed E-state index contributed by atoms with van der Waals surface area (Å²) in [5.74, 6) is 0.317. The Morgan fingerprint density at radius 3 is 2.71 bits per heavy atom. The van der Waals surface area contributed by atoms with Crippen LogP contribution in [0.25, 0.3) is 0 Å². The fraction of sp³-hybridized carbons (Fsp3) is 0.263. The monoisotopic (exact) mass is 323 g/mol. The van der Waals surface area contributed by atoms with Crippen molar-refractivity contribution in [2.45, 2.75) is 25.0 Å². The zero-order valence-corrected chi connectivity index (χ0v) is 13.0. The van der Waals surface area contributed by atoms with Crippen molar-refractivity contribution in [3.63, 3.8) is 0 Å². The van der Waals surface area contributed by atoms with E-state index in [-0.39, 0.29) is 24.3 Å². The van der Waals surface area contributed by atoms with Crippen LogP contribution in [-0.4, -0.2) is 18.5 Å². The Labute approximate surface area is 139 Å². The van der Waals surface area contributed by atoms with E-state index < -0.39 is 6.10 Å². The third kappa shape index (κ3) is 2.62. The van der Waals surface area contributed by atoms with Gasteiger partial charge in [0.15, 0.2) is 0 Å². The number of fused-ring (bicyclic) bond motifs is 2. The van der Waals surface area contributed by atoms with Crippen molar-refractivity contribution < 1.29 is 19.1 Å². The highest BCUT2D eigenvalue weighted by molar-refractivity contribution is 5.94. The van der Waals surface area contributed by atoms with Crippen LogP contribution in [-0.2, 0) is 9.53 Å². The maximum absolute atomic E-state index is 12.5.